The van der Waals surface area contributed by atoms with Crippen molar-refractivity contribution in [3.63, 3.8) is 0 Å². The Kier molecular flexibility index (Phi) is 8.64. The lowest BCUT2D eigenvalue weighted by molar-refractivity contribution is 0.0428. The van der Waals surface area contributed by atoms with Crippen LogP contribution in [0.1, 0.15) is 63.7 Å². The molecule has 1 atom stereocenters. The predicted molar refractivity (Wildman–Crippen MR) is 93.6 cm³/mol. The zero-order valence-electron chi connectivity index (χ0n) is 14.6. The van der Waals surface area contributed by atoms with Crippen LogP contribution in [0.3, 0.4) is 0 Å². The monoisotopic (exact) mass is 305 g/mol. The first kappa shape index (κ1) is 18.5. The van der Waals surface area contributed by atoms with Gasteiger partial charge in [0, 0.05) is 18.8 Å². The number of benzene rings is 1. The number of esters is 1. The second kappa shape index (κ2) is 10.3. The summed E-state index contributed by atoms with van der Waals surface area (Å²) >= 11 is 0. The van der Waals surface area contributed by atoms with Gasteiger partial charge in [0.05, 0.1) is 12.2 Å². The third-order valence-corrected chi connectivity index (χ3v) is 4.23. The number of unbranched alkanes of at least 4 members (excludes halogenated alkanes) is 1. The van der Waals surface area contributed by atoms with Crippen LogP contribution >= 0.6 is 0 Å². The molecule has 0 bridgehead atoms. The topological polar surface area (TPSA) is 29.5 Å². The van der Waals surface area contributed by atoms with E-state index in [9.17, 15) is 4.79 Å². The molecule has 0 saturated carbocycles. The van der Waals surface area contributed by atoms with Crippen molar-refractivity contribution in [2.24, 2.45) is 5.92 Å². The third kappa shape index (κ3) is 5.70. The van der Waals surface area contributed by atoms with Crippen LogP contribution in [0.15, 0.2) is 24.3 Å². The van der Waals surface area contributed by atoms with Crippen LogP contribution in [-0.4, -0.2) is 25.7 Å². The quantitative estimate of drug-likeness (QED) is 0.575. The molecule has 0 heterocycles. The van der Waals surface area contributed by atoms with Crippen molar-refractivity contribution in [3.05, 3.63) is 29.8 Å². The molecule has 0 aliphatic heterocycles. The molecule has 0 N–H and O–H groups in total. The van der Waals surface area contributed by atoms with Crippen molar-refractivity contribution in [2.45, 2.75) is 53.4 Å². The summed E-state index contributed by atoms with van der Waals surface area (Å²) in [6.45, 7) is 11.1. The molecule has 0 aliphatic rings. The van der Waals surface area contributed by atoms with Gasteiger partial charge in [0.2, 0.25) is 0 Å². The molecule has 0 radical (unpaired) electrons. The Bertz CT molecular complexity index is 424. The van der Waals surface area contributed by atoms with Gasteiger partial charge in [-0.3, -0.25) is 0 Å². The van der Waals surface area contributed by atoms with E-state index in [-0.39, 0.29) is 5.97 Å². The van der Waals surface area contributed by atoms with Gasteiger partial charge >= 0.3 is 5.97 Å². The number of anilines is 1. The predicted octanol–water partition coefficient (Wildman–Crippen LogP) is 4.91. The molecule has 0 fully saturated rings. The summed E-state index contributed by atoms with van der Waals surface area (Å²) in [7, 11) is 0. The molecule has 0 aromatic heterocycles. The van der Waals surface area contributed by atoms with E-state index < -0.39 is 0 Å². The molecule has 0 spiro atoms. The summed E-state index contributed by atoms with van der Waals surface area (Å²) in [6, 6.07) is 7.72. The molecule has 0 amide bonds. The first-order chi connectivity index (χ1) is 10.7. The highest BCUT2D eigenvalue weighted by Crippen LogP contribution is 2.17. The van der Waals surface area contributed by atoms with E-state index in [1.807, 2.05) is 24.3 Å². The second-order valence-electron chi connectivity index (χ2n) is 5.73. The van der Waals surface area contributed by atoms with Gasteiger partial charge in [0.25, 0.3) is 0 Å². The van der Waals surface area contributed by atoms with Crippen molar-refractivity contribution in [3.8, 4) is 0 Å². The minimum Gasteiger partial charge on any atom is -0.462 e. The van der Waals surface area contributed by atoms with Gasteiger partial charge in [-0.05, 0) is 50.5 Å². The molecule has 1 aromatic carbocycles. The summed E-state index contributed by atoms with van der Waals surface area (Å²) in [5.41, 5.74) is 1.79. The van der Waals surface area contributed by atoms with Crippen molar-refractivity contribution < 1.29 is 9.53 Å². The molecule has 0 aliphatic carbocycles. The average molecular weight is 305 g/mol. The lowest BCUT2D eigenvalue weighted by atomic mass is 10.0. The van der Waals surface area contributed by atoms with Gasteiger partial charge < -0.3 is 9.64 Å². The maximum atomic E-state index is 12.1. The third-order valence-electron chi connectivity index (χ3n) is 4.23. The molecule has 1 rings (SSSR count). The fraction of sp³-hybridized carbons (Fsp3) is 0.632. The Morgan fingerprint density at radius 1 is 1.09 bits per heavy atom. The van der Waals surface area contributed by atoms with Crippen LogP contribution in [-0.2, 0) is 4.74 Å². The van der Waals surface area contributed by atoms with Crippen LogP contribution < -0.4 is 4.90 Å². The zero-order chi connectivity index (χ0) is 16.4. The summed E-state index contributed by atoms with van der Waals surface area (Å²) in [5.74, 6) is 0.278. The average Bonchev–Trinajstić information content (AvgIpc) is 2.56. The maximum Gasteiger partial charge on any atom is 0.338 e. The SMILES string of the molecule is CCCCC(CC)COC(=O)c1ccc(N(CC)CC)cc1. The number of rotatable bonds is 10. The minimum atomic E-state index is -0.207. The van der Waals surface area contributed by atoms with Crippen LogP contribution in [0.4, 0.5) is 5.69 Å². The van der Waals surface area contributed by atoms with Crippen molar-refractivity contribution >= 4 is 11.7 Å². The summed E-state index contributed by atoms with van der Waals surface area (Å²) in [6.07, 6.45) is 4.60. The number of carbonyl (C=O) groups excluding carboxylic acids is 1. The summed E-state index contributed by atoms with van der Waals surface area (Å²) in [5, 5.41) is 0. The molecule has 124 valence electrons. The fourth-order valence-corrected chi connectivity index (χ4v) is 2.57. The molecule has 3 heteroatoms. The maximum absolute atomic E-state index is 12.1. The first-order valence-electron chi connectivity index (χ1n) is 8.68. The first-order valence-corrected chi connectivity index (χ1v) is 8.68. The Hall–Kier alpha value is -1.51. The van der Waals surface area contributed by atoms with Crippen LogP contribution in [0, 0.1) is 5.92 Å². The van der Waals surface area contributed by atoms with Gasteiger partial charge in [0.1, 0.15) is 0 Å². The second-order valence-corrected chi connectivity index (χ2v) is 5.73. The van der Waals surface area contributed by atoms with Gasteiger partial charge in [-0.25, -0.2) is 4.79 Å². The minimum absolute atomic E-state index is 0.207. The van der Waals surface area contributed by atoms with Gasteiger partial charge in [-0.1, -0.05) is 33.1 Å². The van der Waals surface area contributed by atoms with E-state index in [2.05, 4.69) is 32.6 Å². The number of hydrogen-bond acceptors (Lipinski definition) is 3. The Morgan fingerprint density at radius 2 is 1.73 bits per heavy atom. The number of ether oxygens (including phenoxy) is 1. The summed E-state index contributed by atoms with van der Waals surface area (Å²) < 4.78 is 5.48. The normalized spacial score (nSPS) is 12.0. The lowest BCUT2D eigenvalue weighted by Crippen LogP contribution is -2.21. The molecular weight excluding hydrogens is 274 g/mol. The van der Waals surface area contributed by atoms with Gasteiger partial charge in [-0.2, -0.15) is 0 Å². The Labute approximate surface area is 135 Å². The van der Waals surface area contributed by atoms with Gasteiger partial charge in [0.15, 0.2) is 0 Å². The molecular formula is C19H31NO2. The Balaban J connectivity index is 2.55. The van der Waals surface area contributed by atoms with E-state index in [0.29, 0.717) is 18.1 Å². The lowest BCUT2D eigenvalue weighted by Gasteiger charge is -2.21. The Morgan fingerprint density at radius 3 is 2.23 bits per heavy atom. The largest absolute Gasteiger partial charge is 0.462 e. The van der Waals surface area contributed by atoms with Crippen molar-refractivity contribution in [1.82, 2.24) is 0 Å². The zero-order valence-corrected chi connectivity index (χ0v) is 14.6. The highest BCUT2D eigenvalue weighted by Gasteiger charge is 2.12. The van der Waals surface area contributed by atoms with Crippen LogP contribution in [0.25, 0.3) is 0 Å². The molecule has 1 unspecified atom stereocenters. The molecule has 1 aromatic rings. The van der Waals surface area contributed by atoms with Crippen molar-refractivity contribution in [1.29, 1.82) is 0 Å². The van der Waals surface area contributed by atoms with Crippen LogP contribution in [0.2, 0.25) is 0 Å². The van der Waals surface area contributed by atoms with E-state index in [4.69, 9.17) is 4.74 Å². The molecule has 3 nitrogen and oxygen atoms in total. The standard InChI is InChI=1S/C19H31NO2/c1-5-9-10-16(6-2)15-22-19(21)17-11-13-18(14-12-17)20(7-3)8-4/h11-14,16H,5-10,15H2,1-4H3. The van der Waals surface area contributed by atoms with Gasteiger partial charge in [-0.15, -0.1) is 0 Å². The highest BCUT2D eigenvalue weighted by atomic mass is 16.5. The van der Waals surface area contributed by atoms with E-state index >= 15 is 0 Å². The van der Waals surface area contributed by atoms with E-state index in [1.165, 1.54) is 12.8 Å². The number of carbonyl (C=O) groups is 1. The number of nitrogens with zero attached hydrogens (tertiary/aromatic N) is 1. The van der Waals surface area contributed by atoms with E-state index in [0.717, 1.165) is 31.6 Å². The highest BCUT2D eigenvalue weighted by molar-refractivity contribution is 5.89. The van der Waals surface area contributed by atoms with E-state index in [1.54, 1.807) is 0 Å². The van der Waals surface area contributed by atoms with Crippen molar-refractivity contribution in [2.75, 3.05) is 24.6 Å². The molecule has 22 heavy (non-hydrogen) atoms. The fourth-order valence-electron chi connectivity index (χ4n) is 2.57. The summed E-state index contributed by atoms with van der Waals surface area (Å²) in [4.78, 5) is 14.4. The number of hydrogen-bond donors (Lipinski definition) is 0. The van der Waals surface area contributed by atoms with Crippen LogP contribution in [0.5, 0.6) is 0 Å². The smallest absolute Gasteiger partial charge is 0.338 e. The molecule has 0 saturated heterocycles.